The zero-order valence-corrected chi connectivity index (χ0v) is 12.4. The fraction of sp³-hybridized carbons (Fsp3) is 0.533. The fourth-order valence-electron chi connectivity index (χ4n) is 2.22. The molecule has 0 aliphatic carbocycles. The summed E-state index contributed by atoms with van der Waals surface area (Å²) >= 11 is 0. The molecule has 0 bridgehead atoms. The largest absolute Gasteiger partial charge is 0.462 e. The number of carbonyl (C=O) groups excluding carboxylic acids is 1. The molecule has 0 fully saturated rings. The van der Waals surface area contributed by atoms with E-state index in [1.165, 1.54) is 6.07 Å². The normalized spacial score (nSPS) is 11.0. The van der Waals surface area contributed by atoms with E-state index in [2.05, 4.69) is 9.79 Å². The molecular formula is C15H20N2O5. The van der Waals surface area contributed by atoms with E-state index in [0.717, 1.165) is 38.5 Å². The minimum Gasteiger partial charge on any atom is -0.462 e. The molecule has 1 aromatic carbocycles. The van der Waals surface area contributed by atoms with Crippen LogP contribution in [0.2, 0.25) is 0 Å². The van der Waals surface area contributed by atoms with Crippen molar-refractivity contribution in [2.75, 3.05) is 13.2 Å². The van der Waals surface area contributed by atoms with Crippen molar-refractivity contribution in [3.05, 3.63) is 29.0 Å². The third-order valence-corrected chi connectivity index (χ3v) is 3.42. The van der Waals surface area contributed by atoms with Crippen LogP contribution in [-0.4, -0.2) is 29.4 Å². The predicted molar refractivity (Wildman–Crippen MR) is 78.0 cm³/mol. The third-order valence-electron chi connectivity index (χ3n) is 3.42. The lowest BCUT2D eigenvalue weighted by Gasteiger charge is -2.04. The van der Waals surface area contributed by atoms with Crippen LogP contribution in [0.5, 0.6) is 0 Å². The lowest BCUT2D eigenvalue weighted by atomic mass is 10.1. The summed E-state index contributed by atoms with van der Waals surface area (Å²) in [4.78, 5) is 12.3. The van der Waals surface area contributed by atoms with Crippen molar-refractivity contribution in [3.8, 4) is 0 Å². The molecule has 0 saturated heterocycles. The lowest BCUT2D eigenvalue weighted by molar-refractivity contribution is -0.782. The topological polar surface area (TPSA) is 99.5 Å². The van der Waals surface area contributed by atoms with Gasteiger partial charge < -0.3 is 15.1 Å². The Morgan fingerprint density at radius 2 is 1.95 bits per heavy atom. The average Bonchev–Trinajstić information content (AvgIpc) is 2.91. The molecule has 0 spiro atoms. The highest BCUT2D eigenvalue weighted by Crippen LogP contribution is 2.15. The summed E-state index contributed by atoms with van der Waals surface area (Å²) in [5.74, 6) is -0.500. The zero-order valence-electron chi connectivity index (χ0n) is 12.4. The van der Waals surface area contributed by atoms with Gasteiger partial charge in [-0.05, 0) is 29.9 Å². The van der Waals surface area contributed by atoms with Gasteiger partial charge in [-0.15, -0.1) is 0 Å². The van der Waals surface area contributed by atoms with Crippen LogP contribution >= 0.6 is 0 Å². The highest BCUT2D eigenvalue weighted by Gasteiger charge is 2.20. The Morgan fingerprint density at radius 3 is 2.73 bits per heavy atom. The first-order valence-corrected chi connectivity index (χ1v) is 7.50. The Morgan fingerprint density at radius 1 is 1.23 bits per heavy atom. The van der Waals surface area contributed by atoms with E-state index in [9.17, 15) is 10.0 Å². The molecule has 0 aliphatic rings. The number of aromatic nitrogens is 2. The van der Waals surface area contributed by atoms with Gasteiger partial charge in [0.2, 0.25) is 5.52 Å². The van der Waals surface area contributed by atoms with E-state index in [-0.39, 0.29) is 28.1 Å². The molecule has 7 heteroatoms. The summed E-state index contributed by atoms with van der Waals surface area (Å²) in [5, 5.41) is 23.5. The smallest absolute Gasteiger partial charge is 0.342 e. The maximum atomic E-state index is 12.0. The summed E-state index contributed by atoms with van der Waals surface area (Å²) in [6.07, 6.45) is 5.79. The second-order valence-corrected chi connectivity index (χ2v) is 5.08. The predicted octanol–water partition coefficient (Wildman–Crippen LogP) is 1.95. The lowest BCUT2D eigenvalue weighted by Crippen LogP contribution is -2.22. The van der Waals surface area contributed by atoms with Crippen molar-refractivity contribution in [3.63, 3.8) is 0 Å². The van der Waals surface area contributed by atoms with Crippen LogP contribution in [0.15, 0.2) is 22.8 Å². The Kier molecular flexibility index (Phi) is 6.14. The molecule has 0 saturated carbocycles. The van der Waals surface area contributed by atoms with Gasteiger partial charge in [-0.25, -0.2) is 4.79 Å². The number of carbonyl (C=O) groups is 1. The van der Waals surface area contributed by atoms with Crippen molar-refractivity contribution in [2.45, 2.75) is 38.5 Å². The number of benzene rings is 1. The minimum atomic E-state index is -0.500. The summed E-state index contributed by atoms with van der Waals surface area (Å²) < 4.78 is 9.68. The van der Waals surface area contributed by atoms with Crippen molar-refractivity contribution < 1.29 is 24.2 Å². The number of hydrogen-bond acceptors (Lipinski definition) is 6. The van der Waals surface area contributed by atoms with Crippen LogP contribution in [0.25, 0.3) is 11.0 Å². The maximum absolute atomic E-state index is 12.0. The number of aliphatic hydroxyl groups excluding tert-OH is 1. The molecular weight excluding hydrogens is 288 g/mol. The van der Waals surface area contributed by atoms with Gasteiger partial charge in [0.15, 0.2) is 0 Å². The maximum Gasteiger partial charge on any atom is 0.342 e. The van der Waals surface area contributed by atoms with E-state index >= 15 is 0 Å². The highest BCUT2D eigenvalue weighted by atomic mass is 16.8. The first-order chi connectivity index (χ1) is 10.7. The highest BCUT2D eigenvalue weighted by molar-refractivity contribution is 6.00. The van der Waals surface area contributed by atoms with Crippen LogP contribution in [0.3, 0.4) is 0 Å². The monoisotopic (exact) mass is 308 g/mol. The molecule has 0 amide bonds. The third kappa shape index (κ3) is 4.17. The van der Waals surface area contributed by atoms with Gasteiger partial charge in [-0.3, -0.25) is 4.63 Å². The quantitative estimate of drug-likeness (QED) is 0.432. The van der Waals surface area contributed by atoms with Crippen molar-refractivity contribution >= 4 is 17.0 Å². The van der Waals surface area contributed by atoms with Gasteiger partial charge in [0.25, 0.3) is 5.52 Å². The van der Waals surface area contributed by atoms with Crippen LogP contribution < -0.4 is 4.90 Å². The fourth-order valence-corrected chi connectivity index (χ4v) is 2.22. The number of aliphatic hydroxyl groups is 1. The van der Waals surface area contributed by atoms with Crippen LogP contribution in [0.1, 0.15) is 48.9 Å². The molecule has 0 radical (unpaired) electrons. The van der Waals surface area contributed by atoms with E-state index in [0.29, 0.717) is 6.61 Å². The van der Waals surface area contributed by atoms with Gasteiger partial charge in [-0.2, -0.15) is 0 Å². The average molecular weight is 308 g/mol. The number of unbranched alkanes of at least 4 members (excludes halogenated alkanes) is 5. The van der Waals surface area contributed by atoms with Gasteiger partial charge in [0.1, 0.15) is 5.56 Å². The molecule has 0 aliphatic heterocycles. The van der Waals surface area contributed by atoms with Crippen LogP contribution in [0, 0.1) is 5.21 Å². The van der Waals surface area contributed by atoms with Crippen molar-refractivity contribution in [1.29, 1.82) is 0 Å². The van der Waals surface area contributed by atoms with E-state index in [1.54, 1.807) is 12.1 Å². The first kappa shape index (κ1) is 16.2. The summed E-state index contributed by atoms with van der Waals surface area (Å²) in [7, 11) is 0. The second kappa shape index (κ2) is 8.33. The Hall–Kier alpha value is -2.15. The zero-order chi connectivity index (χ0) is 15.8. The van der Waals surface area contributed by atoms with Crippen LogP contribution in [-0.2, 0) is 4.74 Å². The Balaban J connectivity index is 1.75. The number of fused-ring (bicyclic) bond motifs is 1. The van der Waals surface area contributed by atoms with E-state index in [4.69, 9.17) is 9.84 Å². The van der Waals surface area contributed by atoms with Gasteiger partial charge >= 0.3 is 5.97 Å². The molecule has 2 rings (SSSR count). The van der Waals surface area contributed by atoms with Crippen molar-refractivity contribution in [1.82, 2.24) is 5.16 Å². The van der Waals surface area contributed by atoms with Gasteiger partial charge in [-0.1, -0.05) is 31.7 Å². The number of ether oxygens (including phenoxy) is 1. The minimum absolute atomic E-state index is 0.207. The van der Waals surface area contributed by atoms with Crippen molar-refractivity contribution in [2.24, 2.45) is 0 Å². The number of esters is 1. The standard InChI is InChI=1S/C15H20N2O5/c18-10-5-3-1-2-4-6-11-21-15(19)12-8-7-9-13-14(12)16-22-17(13)20/h7-9,18H,1-6,10-11H2. The molecule has 1 N–H and O–H groups in total. The molecule has 7 nitrogen and oxygen atoms in total. The molecule has 1 heterocycles. The van der Waals surface area contributed by atoms with Gasteiger partial charge in [0.05, 0.1) is 6.61 Å². The first-order valence-electron chi connectivity index (χ1n) is 7.50. The molecule has 120 valence electrons. The summed E-state index contributed by atoms with van der Waals surface area (Å²) in [6, 6.07) is 4.68. The summed E-state index contributed by atoms with van der Waals surface area (Å²) in [6.45, 7) is 0.582. The number of hydrogen-bond donors (Lipinski definition) is 1. The molecule has 1 aromatic heterocycles. The number of rotatable bonds is 9. The van der Waals surface area contributed by atoms with E-state index in [1.807, 2.05) is 0 Å². The molecule has 2 aromatic rings. The molecule has 22 heavy (non-hydrogen) atoms. The second-order valence-electron chi connectivity index (χ2n) is 5.08. The molecule has 0 unspecified atom stereocenters. The SMILES string of the molecule is O=C(OCCCCCCCCO)c1cccc2c1no[n+]2[O-]. The summed E-state index contributed by atoms with van der Waals surface area (Å²) in [5.41, 5.74) is 0.656. The Labute approximate surface area is 128 Å². The molecule has 0 atom stereocenters. The van der Waals surface area contributed by atoms with Gasteiger partial charge in [0, 0.05) is 11.8 Å². The van der Waals surface area contributed by atoms with E-state index < -0.39 is 5.97 Å². The number of nitrogens with zero attached hydrogens (tertiary/aromatic N) is 2. The van der Waals surface area contributed by atoms with Crippen LogP contribution in [0.4, 0.5) is 0 Å². The Bertz CT molecular complexity index is 611.